The Bertz CT molecular complexity index is 2590. The summed E-state index contributed by atoms with van der Waals surface area (Å²) in [5.41, 5.74) is 6.96. The SMILES string of the molecule is C.Cn1c(-c2ccccc2O)c(C2CCCCC2)c2ccc(C(=O)OC(C)(C)C)cc21.Cn1c(Br)c(C2CCCCC2)c2ccc(C(=O)OC(C)(C)C)cc21.OB(O)c1ccccc1O. The van der Waals surface area contributed by atoms with Gasteiger partial charge in [0.05, 0.1) is 21.4 Å². The second kappa shape index (κ2) is 21.5. The quantitative estimate of drug-likeness (QED) is 0.0955. The first-order valence-corrected chi connectivity index (χ1v) is 23.3. The van der Waals surface area contributed by atoms with Gasteiger partial charge in [-0.1, -0.05) is 88.4 Å². The van der Waals surface area contributed by atoms with Crippen LogP contribution in [0.4, 0.5) is 0 Å². The minimum absolute atomic E-state index is 0. The third-order valence-corrected chi connectivity index (χ3v) is 13.0. The Morgan fingerprint density at radius 3 is 1.49 bits per heavy atom. The number of phenols is 2. The number of aromatic nitrogens is 2. The number of benzene rings is 4. The van der Waals surface area contributed by atoms with Crippen molar-refractivity contribution < 1.29 is 39.3 Å². The topological polar surface area (TPSA) is 143 Å². The van der Waals surface area contributed by atoms with Crippen LogP contribution >= 0.6 is 15.9 Å². The molecule has 8 rings (SSSR count). The fourth-order valence-electron chi connectivity index (χ4n) is 9.12. The third-order valence-electron chi connectivity index (χ3n) is 12.1. The summed E-state index contributed by atoms with van der Waals surface area (Å²) < 4.78 is 16.5. The van der Waals surface area contributed by atoms with Gasteiger partial charge < -0.3 is 38.9 Å². The van der Waals surface area contributed by atoms with Crippen molar-refractivity contribution in [3.8, 4) is 22.8 Å². The highest BCUT2D eigenvalue weighted by Crippen LogP contribution is 2.46. The van der Waals surface area contributed by atoms with E-state index < -0.39 is 18.3 Å². The second-order valence-corrected chi connectivity index (χ2v) is 19.9. The number of aromatic hydroxyl groups is 2. The molecule has 6 aromatic rings. The van der Waals surface area contributed by atoms with Gasteiger partial charge in [-0.15, -0.1) is 0 Å². The van der Waals surface area contributed by atoms with Crippen LogP contribution in [0.5, 0.6) is 11.5 Å². The monoisotopic (exact) mass is 950 g/mol. The van der Waals surface area contributed by atoms with Crippen LogP contribution in [0.2, 0.25) is 0 Å². The van der Waals surface area contributed by atoms with Gasteiger partial charge in [-0.3, -0.25) is 0 Å². The molecule has 2 aromatic heterocycles. The van der Waals surface area contributed by atoms with Crippen LogP contribution in [0.1, 0.15) is 157 Å². The van der Waals surface area contributed by atoms with E-state index in [0.717, 1.165) is 45.1 Å². The molecule has 0 spiro atoms. The maximum Gasteiger partial charge on any atom is 0.492 e. The molecule has 0 unspecified atom stereocenters. The van der Waals surface area contributed by atoms with Crippen LogP contribution in [0.25, 0.3) is 33.1 Å². The van der Waals surface area contributed by atoms with Crippen LogP contribution in [-0.2, 0) is 23.6 Å². The largest absolute Gasteiger partial charge is 0.508 e. The molecule has 0 saturated heterocycles. The summed E-state index contributed by atoms with van der Waals surface area (Å²) in [7, 11) is 2.48. The van der Waals surface area contributed by atoms with E-state index in [1.165, 1.54) is 80.0 Å². The number of fused-ring (bicyclic) bond motifs is 2. The van der Waals surface area contributed by atoms with E-state index in [9.17, 15) is 14.7 Å². The van der Waals surface area contributed by atoms with Crippen molar-refractivity contribution in [2.24, 2.45) is 14.1 Å². The Hall–Kier alpha value is -5.04. The average molecular weight is 952 g/mol. The van der Waals surface area contributed by atoms with Gasteiger partial charge in [0.2, 0.25) is 0 Å². The molecule has 10 nitrogen and oxygen atoms in total. The highest BCUT2D eigenvalue weighted by atomic mass is 79.9. The summed E-state index contributed by atoms with van der Waals surface area (Å²) in [4.78, 5) is 25.0. The van der Waals surface area contributed by atoms with Gasteiger partial charge in [0, 0.05) is 46.9 Å². The Morgan fingerprint density at radius 1 is 0.615 bits per heavy atom. The van der Waals surface area contributed by atoms with Crippen molar-refractivity contribution in [3.05, 3.63) is 112 Å². The number of hydrogen-bond acceptors (Lipinski definition) is 8. The van der Waals surface area contributed by atoms with E-state index in [0.29, 0.717) is 23.0 Å². The molecule has 348 valence electrons. The van der Waals surface area contributed by atoms with Crippen LogP contribution in [0.15, 0.2) is 89.5 Å². The van der Waals surface area contributed by atoms with Crippen molar-refractivity contribution in [2.45, 2.75) is 136 Å². The number of esters is 2. The summed E-state index contributed by atoms with van der Waals surface area (Å²) in [6.45, 7) is 11.3. The lowest BCUT2D eigenvalue weighted by Gasteiger charge is -2.23. The second-order valence-electron chi connectivity index (χ2n) is 19.2. The summed E-state index contributed by atoms with van der Waals surface area (Å²) in [6, 6.07) is 25.4. The lowest BCUT2D eigenvalue weighted by Crippen LogP contribution is -2.29. The number of carbonyl (C=O) groups is 2. The zero-order valence-electron chi connectivity index (χ0n) is 38.6. The summed E-state index contributed by atoms with van der Waals surface area (Å²) in [5.74, 6) is 0.689. The normalized spacial score (nSPS) is 14.7. The van der Waals surface area contributed by atoms with Crippen molar-refractivity contribution >= 4 is 62.3 Å². The predicted molar refractivity (Wildman–Crippen MR) is 267 cm³/mol. The zero-order valence-corrected chi connectivity index (χ0v) is 40.2. The minimum atomic E-state index is -1.60. The van der Waals surface area contributed by atoms with E-state index in [2.05, 4.69) is 44.2 Å². The minimum Gasteiger partial charge on any atom is -0.508 e. The average Bonchev–Trinajstić information content (AvgIpc) is 3.68. The lowest BCUT2D eigenvalue weighted by atomic mass is 9.80. The maximum absolute atomic E-state index is 12.7. The number of phenolic OH excluding ortho intramolecular Hbond substituents is 2. The van der Waals surface area contributed by atoms with Crippen LogP contribution < -0.4 is 5.46 Å². The highest BCUT2D eigenvalue weighted by Gasteiger charge is 2.29. The molecule has 2 heterocycles. The molecule has 2 fully saturated rings. The van der Waals surface area contributed by atoms with Crippen LogP contribution in [-0.4, -0.2) is 59.7 Å². The number of carbonyl (C=O) groups excluding carboxylic acids is 2. The van der Waals surface area contributed by atoms with E-state index in [-0.39, 0.29) is 36.3 Å². The fourth-order valence-corrected chi connectivity index (χ4v) is 9.85. The van der Waals surface area contributed by atoms with Gasteiger partial charge in [0.25, 0.3) is 0 Å². The highest BCUT2D eigenvalue weighted by molar-refractivity contribution is 9.10. The molecule has 0 amide bonds. The standard InChI is InChI=1S/C26H31NO3.C20H26BrNO2.C6H7BO3.CH4/c1-26(2,3)30-25(29)18-14-15-19-21(16-18)27(4)24(20-12-8-9-13-22(20)28)23(19)17-10-6-5-7-11-17;1-20(2,3)24-19(23)14-10-11-15-16(12-14)22(4)18(21)17(15)13-8-6-5-7-9-13;8-6-4-2-1-3-5(6)7(9)10;/h8-9,12-17,28H,5-7,10-11H2,1-4H3;10-13H,5-9H2,1-4H3;1-4,8-10H;1H4. The number of aryl methyl sites for hydroxylation is 2. The molecule has 4 aromatic carbocycles. The lowest BCUT2D eigenvalue weighted by molar-refractivity contribution is 0.00572. The number of ether oxygens (including phenoxy) is 2. The zero-order chi connectivity index (χ0) is 46.5. The Kier molecular flexibility index (Phi) is 16.9. The molecular formula is C53H68BBrN2O8. The van der Waals surface area contributed by atoms with Crippen molar-refractivity contribution in [2.75, 3.05) is 0 Å². The molecule has 0 bridgehead atoms. The number of halogens is 1. The van der Waals surface area contributed by atoms with E-state index in [1.54, 1.807) is 18.2 Å². The summed E-state index contributed by atoms with van der Waals surface area (Å²) >= 11 is 3.79. The Labute approximate surface area is 393 Å². The predicted octanol–water partition coefficient (Wildman–Crippen LogP) is 12.2. The van der Waals surface area contributed by atoms with E-state index in [4.69, 9.17) is 24.6 Å². The Morgan fingerprint density at radius 2 is 1.05 bits per heavy atom. The molecule has 2 aliphatic carbocycles. The van der Waals surface area contributed by atoms with E-state index in [1.807, 2.05) is 91.1 Å². The first kappa shape index (κ1) is 51.0. The van der Waals surface area contributed by atoms with E-state index >= 15 is 0 Å². The number of nitrogens with zero attached hydrogens (tertiary/aromatic N) is 2. The molecule has 0 aliphatic heterocycles. The smallest absolute Gasteiger partial charge is 0.492 e. The molecule has 2 saturated carbocycles. The Balaban J connectivity index is 0.000000202. The van der Waals surface area contributed by atoms with Crippen LogP contribution in [0, 0.1) is 0 Å². The number of hydrogen-bond donors (Lipinski definition) is 4. The van der Waals surface area contributed by atoms with Gasteiger partial charge >= 0.3 is 19.1 Å². The maximum atomic E-state index is 12.7. The summed E-state index contributed by atoms with van der Waals surface area (Å²) in [5, 5.41) is 39.2. The van der Waals surface area contributed by atoms with Gasteiger partial charge in [-0.25, -0.2) is 9.59 Å². The fraction of sp³-hybridized carbons (Fsp3) is 0.434. The molecular weight excluding hydrogens is 883 g/mol. The first-order chi connectivity index (χ1) is 30.3. The number of rotatable bonds is 6. The number of para-hydroxylation sites is 2. The molecule has 0 radical (unpaired) electrons. The van der Waals surface area contributed by atoms with Crippen molar-refractivity contribution in [1.29, 1.82) is 0 Å². The van der Waals surface area contributed by atoms with Gasteiger partial charge in [0.1, 0.15) is 22.7 Å². The van der Waals surface area contributed by atoms with Crippen molar-refractivity contribution in [3.63, 3.8) is 0 Å². The first-order valence-electron chi connectivity index (χ1n) is 22.5. The third kappa shape index (κ3) is 12.3. The molecule has 2 aliphatic rings. The molecule has 65 heavy (non-hydrogen) atoms. The molecule has 12 heteroatoms. The summed E-state index contributed by atoms with van der Waals surface area (Å²) in [6.07, 6.45) is 12.6. The van der Waals surface area contributed by atoms with Gasteiger partial charge in [-0.05, 0) is 149 Å². The van der Waals surface area contributed by atoms with Gasteiger partial charge in [0.15, 0.2) is 0 Å². The van der Waals surface area contributed by atoms with Gasteiger partial charge in [-0.2, -0.15) is 0 Å². The van der Waals surface area contributed by atoms with Crippen LogP contribution in [0.3, 0.4) is 0 Å². The van der Waals surface area contributed by atoms with Crippen molar-refractivity contribution in [1.82, 2.24) is 9.13 Å². The molecule has 0 atom stereocenters. The molecule has 4 N–H and O–H groups in total.